The molecule has 132 valence electrons. The molecular weight excluding hydrogens is 282 g/mol. The van der Waals surface area contributed by atoms with Gasteiger partial charge in [0.15, 0.2) is 6.61 Å². The van der Waals surface area contributed by atoms with E-state index in [1.165, 1.54) is 89.9 Å². The molecule has 1 rings (SSSR count). The Kier molecular flexibility index (Phi) is 13.8. The van der Waals surface area contributed by atoms with E-state index < -0.39 is 0 Å². The molecule has 23 heavy (non-hydrogen) atoms. The predicted molar refractivity (Wildman–Crippen MR) is 98.4 cm³/mol. The molecule has 0 aliphatic carbocycles. The fourth-order valence-electron chi connectivity index (χ4n) is 2.94. The molecule has 1 heterocycles. The molecule has 0 saturated carbocycles. The third-order valence-electron chi connectivity index (χ3n) is 4.43. The van der Waals surface area contributed by atoms with Gasteiger partial charge in [-0.15, -0.1) is 0 Å². The van der Waals surface area contributed by atoms with Gasteiger partial charge in [0.2, 0.25) is 12.4 Å². The monoisotopic (exact) mass is 320 g/mol. The first kappa shape index (κ1) is 20.0. The first-order valence-electron chi connectivity index (χ1n) is 10.0. The first-order valence-corrected chi connectivity index (χ1v) is 10.0. The molecule has 2 nitrogen and oxygen atoms in total. The number of unbranched alkanes of at least 4 members (excludes halogenated alkanes) is 13. The van der Waals surface area contributed by atoms with Crippen molar-refractivity contribution in [3.05, 3.63) is 30.6 Å². The summed E-state index contributed by atoms with van der Waals surface area (Å²) < 4.78 is 1.79. The highest BCUT2D eigenvalue weighted by Crippen LogP contribution is 2.12. The summed E-state index contributed by atoms with van der Waals surface area (Å²) >= 11 is 0. The summed E-state index contributed by atoms with van der Waals surface area (Å²) in [5.41, 5.74) is 0. The van der Waals surface area contributed by atoms with Crippen LogP contribution in [0.1, 0.15) is 96.8 Å². The zero-order valence-electron chi connectivity index (χ0n) is 15.3. The summed E-state index contributed by atoms with van der Waals surface area (Å²) in [7, 11) is 0. The van der Waals surface area contributed by atoms with Crippen molar-refractivity contribution in [2.24, 2.45) is 0 Å². The van der Waals surface area contributed by atoms with E-state index >= 15 is 0 Å². The van der Waals surface area contributed by atoms with Crippen molar-refractivity contribution < 1.29 is 9.57 Å². The van der Waals surface area contributed by atoms with Crippen molar-refractivity contribution >= 4 is 0 Å². The van der Waals surface area contributed by atoms with Crippen LogP contribution < -0.4 is 9.57 Å². The third kappa shape index (κ3) is 13.1. The summed E-state index contributed by atoms with van der Waals surface area (Å²) in [5, 5.41) is 0. The van der Waals surface area contributed by atoms with Crippen LogP contribution in [-0.2, 0) is 0 Å². The average Bonchev–Trinajstić information content (AvgIpc) is 2.59. The van der Waals surface area contributed by atoms with E-state index in [0.717, 1.165) is 6.61 Å². The maximum Gasteiger partial charge on any atom is 0.222 e. The number of pyridine rings is 1. The van der Waals surface area contributed by atoms with Crippen LogP contribution in [0, 0.1) is 0 Å². The molecule has 0 aliphatic rings. The second-order valence-electron chi connectivity index (χ2n) is 6.66. The molecule has 0 spiro atoms. The molecule has 0 saturated heterocycles. The Hall–Kier alpha value is -1.05. The van der Waals surface area contributed by atoms with Gasteiger partial charge in [-0.2, -0.15) is 0 Å². The number of nitrogens with zero attached hydrogens (tertiary/aromatic N) is 1. The molecule has 0 unspecified atom stereocenters. The SMILES string of the molecule is CCCCCCCCCCCCCCCCO[n+]1ccccc1. The Balaban J connectivity index is 1.72. The van der Waals surface area contributed by atoms with Crippen molar-refractivity contribution in [2.45, 2.75) is 96.8 Å². The van der Waals surface area contributed by atoms with Crippen molar-refractivity contribution in [1.82, 2.24) is 0 Å². The van der Waals surface area contributed by atoms with E-state index in [9.17, 15) is 0 Å². The molecule has 1 aromatic rings. The molecule has 0 aromatic carbocycles. The standard InChI is InChI=1S/C21H38NO/c1-2-3-4-5-6-7-8-9-10-11-12-13-14-18-21-23-22-19-16-15-17-20-22/h15-17,19-20H,2-14,18,21H2,1H3/q+1. The van der Waals surface area contributed by atoms with Crippen LogP contribution in [0.15, 0.2) is 30.6 Å². The molecule has 2 heteroatoms. The number of aromatic nitrogens is 1. The molecule has 0 amide bonds. The lowest BCUT2D eigenvalue weighted by molar-refractivity contribution is -0.891. The fourth-order valence-corrected chi connectivity index (χ4v) is 2.94. The van der Waals surface area contributed by atoms with E-state index in [4.69, 9.17) is 4.84 Å². The minimum atomic E-state index is 0.826. The second kappa shape index (κ2) is 15.8. The van der Waals surface area contributed by atoms with E-state index in [1.807, 2.05) is 30.6 Å². The van der Waals surface area contributed by atoms with Gasteiger partial charge in [0.05, 0.1) is 0 Å². The summed E-state index contributed by atoms with van der Waals surface area (Å²) in [4.78, 5) is 5.63. The van der Waals surface area contributed by atoms with Gasteiger partial charge in [-0.3, -0.25) is 4.84 Å². The van der Waals surface area contributed by atoms with Gasteiger partial charge in [0.1, 0.15) is 0 Å². The van der Waals surface area contributed by atoms with Crippen molar-refractivity contribution in [3.63, 3.8) is 0 Å². The maximum absolute atomic E-state index is 5.63. The van der Waals surface area contributed by atoms with Crippen LogP contribution in [0.4, 0.5) is 0 Å². The van der Waals surface area contributed by atoms with Gasteiger partial charge >= 0.3 is 0 Å². The number of hydrogen-bond donors (Lipinski definition) is 0. The van der Waals surface area contributed by atoms with Gasteiger partial charge in [0.25, 0.3) is 0 Å². The normalized spacial score (nSPS) is 10.8. The summed E-state index contributed by atoms with van der Waals surface area (Å²) in [5.74, 6) is 0. The Morgan fingerprint density at radius 1 is 0.565 bits per heavy atom. The second-order valence-corrected chi connectivity index (χ2v) is 6.66. The van der Waals surface area contributed by atoms with Crippen LogP contribution in [0.2, 0.25) is 0 Å². The molecule has 0 aliphatic heterocycles. The van der Waals surface area contributed by atoms with Crippen molar-refractivity contribution in [3.8, 4) is 0 Å². The molecule has 0 radical (unpaired) electrons. The minimum absolute atomic E-state index is 0.826. The van der Waals surface area contributed by atoms with Gasteiger partial charge < -0.3 is 0 Å². The molecule has 0 fully saturated rings. The molecule has 0 N–H and O–H groups in total. The Labute approximate surface area is 144 Å². The Morgan fingerprint density at radius 3 is 1.48 bits per heavy atom. The summed E-state index contributed by atoms with van der Waals surface area (Å²) in [6, 6.07) is 5.99. The van der Waals surface area contributed by atoms with Gasteiger partial charge in [-0.1, -0.05) is 90.0 Å². The molecular formula is C21H38NO+. The summed E-state index contributed by atoms with van der Waals surface area (Å²) in [6.45, 7) is 3.11. The van der Waals surface area contributed by atoms with Crippen LogP contribution in [-0.4, -0.2) is 6.61 Å². The largest absolute Gasteiger partial charge is 0.271 e. The zero-order chi connectivity index (χ0) is 16.4. The van der Waals surface area contributed by atoms with E-state index in [0.29, 0.717) is 0 Å². The molecule has 0 atom stereocenters. The highest BCUT2D eigenvalue weighted by molar-refractivity contribution is 4.83. The van der Waals surface area contributed by atoms with Crippen LogP contribution in [0.3, 0.4) is 0 Å². The van der Waals surface area contributed by atoms with Gasteiger partial charge in [-0.05, 0) is 12.8 Å². The van der Waals surface area contributed by atoms with Crippen LogP contribution >= 0.6 is 0 Å². The first-order chi connectivity index (χ1) is 11.4. The zero-order valence-corrected chi connectivity index (χ0v) is 15.3. The third-order valence-corrected chi connectivity index (χ3v) is 4.43. The minimum Gasteiger partial charge on any atom is -0.271 e. The Morgan fingerprint density at radius 2 is 1.00 bits per heavy atom. The highest BCUT2D eigenvalue weighted by Gasteiger charge is 1.98. The lowest BCUT2D eigenvalue weighted by Gasteiger charge is -2.03. The quantitative estimate of drug-likeness (QED) is 0.274. The number of rotatable bonds is 16. The van der Waals surface area contributed by atoms with Gasteiger partial charge in [0, 0.05) is 16.9 Å². The lowest BCUT2D eigenvalue weighted by atomic mass is 10.0. The fraction of sp³-hybridized carbons (Fsp3) is 0.762. The van der Waals surface area contributed by atoms with Crippen molar-refractivity contribution in [2.75, 3.05) is 6.61 Å². The Bertz CT molecular complexity index is 339. The maximum atomic E-state index is 5.63. The average molecular weight is 321 g/mol. The molecule has 0 bridgehead atoms. The molecule has 1 aromatic heterocycles. The van der Waals surface area contributed by atoms with Crippen molar-refractivity contribution in [1.29, 1.82) is 0 Å². The van der Waals surface area contributed by atoms with E-state index in [-0.39, 0.29) is 0 Å². The number of hydrogen-bond acceptors (Lipinski definition) is 1. The van der Waals surface area contributed by atoms with E-state index in [1.54, 1.807) is 4.73 Å². The van der Waals surface area contributed by atoms with E-state index in [2.05, 4.69) is 6.92 Å². The van der Waals surface area contributed by atoms with Crippen LogP contribution in [0.25, 0.3) is 0 Å². The lowest BCUT2D eigenvalue weighted by Crippen LogP contribution is -2.42. The smallest absolute Gasteiger partial charge is 0.222 e. The van der Waals surface area contributed by atoms with Crippen LogP contribution in [0.5, 0.6) is 0 Å². The predicted octanol–water partition coefficient (Wildman–Crippen LogP) is 5.88. The highest BCUT2D eigenvalue weighted by atomic mass is 16.7. The summed E-state index contributed by atoms with van der Waals surface area (Å²) in [6.07, 6.45) is 23.5. The van der Waals surface area contributed by atoms with Gasteiger partial charge in [-0.25, -0.2) is 0 Å². The topological polar surface area (TPSA) is 13.1 Å².